The number of nitrogens with one attached hydrogen (secondary N) is 1. The normalized spacial score (nSPS) is 18.0. The molecular weight excluding hydrogens is 270 g/mol. The first-order chi connectivity index (χ1) is 10.2. The fourth-order valence-electron chi connectivity index (χ4n) is 3.35. The van der Waals surface area contributed by atoms with Crippen LogP contribution in [0.1, 0.15) is 36.4 Å². The van der Waals surface area contributed by atoms with Crippen molar-refractivity contribution in [1.29, 1.82) is 0 Å². The molecule has 0 heterocycles. The molecular formula is C17H18F2N2. The summed E-state index contributed by atoms with van der Waals surface area (Å²) >= 11 is 0. The van der Waals surface area contributed by atoms with Gasteiger partial charge in [0.25, 0.3) is 0 Å². The number of halogens is 2. The molecule has 2 aromatic rings. The molecule has 110 valence electrons. The van der Waals surface area contributed by atoms with E-state index in [2.05, 4.69) is 5.43 Å². The third kappa shape index (κ3) is 2.34. The molecule has 1 fully saturated rings. The van der Waals surface area contributed by atoms with Crippen LogP contribution in [0.25, 0.3) is 0 Å². The Morgan fingerprint density at radius 2 is 1.76 bits per heavy atom. The molecule has 1 saturated carbocycles. The standard InChI is InChI=1S/C17H18F2N2/c18-13-7-8-14(15(19)11-13)16(21-20)17(9-4-10-17)12-5-2-1-3-6-12/h1-3,5-8,11,16,21H,4,9-10,20H2. The van der Waals surface area contributed by atoms with Crippen LogP contribution in [0, 0.1) is 11.6 Å². The average molecular weight is 288 g/mol. The number of hydrazine groups is 1. The summed E-state index contributed by atoms with van der Waals surface area (Å²) in [4.78, 5) is 0. The number of rotatable bonds is 4. The van der Waals surface area contributed by atoms with Crippen LogP contribution in [0.5, 0.6) is 0 Å². The monoisotopic (exact) mass is 288 g/mol. The quantitative estimate of drug-likeness (QED) is 0.666. The minimum Gasteiger partial charge on any atom is -0.271 e. The van der Waals surface area contributed by atoms with Crippen molar-refractivity contribution < 1.29 is 8.78 Å². The van der Waals surface area contributed by atoms with Gasteiger partial charge in [-0.3, -0.25) is 11.3 Å². The lowest BCUT2D eigenvalue weighted by atomic mass is 9.59. The van der Waals surface area contributed by atoms with E-state index in [1.165, 1.54) is 12.1 Å². The second-order valence-corrected chi connectivity index (χ2v) is 5.64. The van der Waals surface area contributed by atoms with E-state index in [1.54, 1.807) is 0 Å². The molecule has 4 heteroatoms. The largest absolute Gasteiger partial charge is 0.271 e. The molecule has 2 nitrogen and oxygen atoms in total. The van der Waals surface area contributed by atoms with E-state index in [9.17, 15) is 8.78 Å². The SMILES string of the molecule is NNC(c1ccc(F)cc1F)C1(c2ccccc2)CCC1. The molecule has 0 aliphatic heterocycles. The Kier molecular flexibility index (Phi) is 3.74. The van der Waals surface area contributed by atoms with E-state index in [4.69, 9.17) is 5.84 Å². The van der Waals surface area contributed by atoms with Gasteiger partial charge in [0.1, 0.15) is 11.6 Å². The number of hydrogen-bond donors (Lipinski definition) is 2. The molecule has 0 amide bonds. The zero-order chi connectivity index (χ0) is 14.9. The Morgan fingerprint density at radius 1 is 1.05 bits per heavy atom. The maximum atomic E-state index is 14.2. The van der Waals surface area contributed by atoms with Crippen molar-refractivity contribution in [3.8, 4) is 0 Å². The van der Waals surface area contributed by atoms with Gasteiger partial charge in [-0.05, 0) is 24.5 Å². The Morgan fingerprint density at radius 3 is 2.29 bits per heavy atom. The zero-order valence-corrected chi connectivity index (χ0v) is 11.7. The van der Waals surface area contributed by atoms with Crippen LogP contribution in [-0.4, -0.2) is 0 Å². The molecule has 3 N–H and O–H groups in total. The Bertz CT molecular complexity index is 624. The van der Waals surface area contributed by atoms with Crippen molar-refractivity contribution in [2.45, 2.75) is 30.7 Å². The van der Waals surface area contributed by atoms with Gasteiger partial charge in [0, 0.05) is 17.0 Å². The van der Waals surface area contributed by atoms with Crippen molar-refractivity contribution >= 4 is 0 Å². The lowest BCUT2D eigenvalue weighted by Gasteiger charge is -2.48. The number of benzene rings is 2. The van der Waals surface area contributed by atoms with Crippen LogP contribution in [0.4, 0.5) is 8.78 Å². The van der Waals surface area contributed by atoms with Gasteiger partial charge in [-0.25, -0.2) is 8.78 Å². The van der Waals surface area contributed by atoms with E-state index in [0.29, 0.717) is 5.56 Å². The predicted molar refractivity (Wildman–Crippen MR) is 78.4 cm³/mol. The van der Waals surface area contributed by atoms with Gasteiger partial charge in [0.05, 0.1) is 6.04 Å². The van der Waals surface area contributed by atoms with E-state index < -0.39 is 11.6 Å². The maximum Gasteiger partial charge on any atom is 0.130 e. The third-order valence-corrected chi connectivity index (χ3v) is 4.59. The lowest BCUT2D eigenvalue weighted by Crippen LogP contribution is -2.49. The molecule has 2 aromatic carbocycles. The maximum absolute atomic E-state index is 14.2. The van der Waals surface area contributed by atoms with Crippen molar-refractivity contribution in [2.75, 3.05) is 0 Å². The van der Waals surface area contributed by atoms with Gasteiger partial charge in [-0.15, -0.1) is 0 Å². The Labute approximate surface area is 122 Å². The van der Waals surface area contributed by atoms with Gasteiger partial charge in [-0.1, -0.05) is 42.8 Å². The molecule has 0 spiro atoms. The molecule has 0 bridgehead atoms. The highest BCUT2D eigenvalue weighted by Crippen LogP contribution is 2.52. The summed E-state index contributed by atoms with van der Waals surface area (Å²) in [5, 5.41) is 0. The summed E-state index contributed by atoms with van der Waals surface area (Å²) in [6.45, 7) is 0. The van der Waals surface area contributed by atoms with Gasteiger partial charge < -0.3 is 0 Å². The smallest absolute Gasteiger partial charge is 0.130 e. The summed E-state index contributed by atoms with van der Waals surface area (Å²) < 4.78 is 27.3. The second kappa shape index (κ2) is 5.54. The fraction of sp³-hybridized carbons (Fsp3) is 0.294. The fourth-order valence-corrected chi connectivity index (χ4v) is 3.35. The van der Waals surface area contributed by atoms with E-state index in [1.807, 2.05) is 30.3 Å². The van der Waals surface area contributed by atoms with Crippen molar-refractivity contribution in [2.24, 2.45) is 5.84 Å². The van der Waals surface area contributed by atoms with Gasteiger partial charge in [0.15, 0.2) is 0 Å². The molecule has 0 aromatic heterocycles. The average Bonchev–Trinajstić information content (AvgIpc) is 2.44. The van der Waals surface area contributed by atoms with Crippen LogP contribution in [0.3, 0.4) is 0 Å². The molecule has 1 atom stereocenters. The number of nitrogens with two attached hydrogens (primary N) is 1. The van der Waals surface area contributed by atoms with Gasteiger partial charge in [0.2, 0.25) is 0 Å². The Hall–Kier alpha value is -1.78. The van der Waals surface area contributed by atoms with E-state index in [0.717, 1.165) is 30.9 Å². The first-order valence-corrected chi connectivity index (χ1v) is 7.14. The first-order valence-electron chi connectivity index (χ1n) is 7.14. The van der Waals surface area contributed by atoms with Gasteiger partial charge in [-0.2, -0.15) is 0 Å². The number of hydrogen-bond acceptors (Lipinski definition) is 2. The zero-order valence-electron chi connectivity index (χ0n) is 11.7. The van der Waals surface area contributed by atoms with E-state index in [-0.39, 0.29) is 11.5 Å². The van der Waals surface area contributed by atoms with Crippen molar-refractivity contribution in [3.63, 3.8) is 0 Å². The molecule has 1 aliphatic rings. The minimum atomic E-state index is -0.575. The van der Waals surface area contributed by atoms with Crippen LogP contribution in [0.15, 0.2) is 48.5 Å². The van der Waals surface area contributed by atoms with Crippen LogP contribution in [-0.2, 0) is 5.41 Å². The molecule has 0 radical (unpaired) electrons. The molecule has 1 aliphatic carbocycles. The van der Waals surface area contributed by atoms with Crippen LogP contribution < -0.4 is 11.3 Å². The second-order valence-electron chi connectivity index (χ2n) is 5.64. The highest BCUT2D eigenvalue weighted by molar-refractivity contribution is 5.36. The Balaban J connectivity index is 2.05. The predicted octanol–water partition coefficient (Wildman–Crippen LogP) is 3.59. The molecule has 0 saturated heterocycles. The van der Waals surface area contributed by atoms with Crippen LogP contribution in [0.2, 0.25) is 0 Å². The molecule has 21 heavy (non-hydrogen) atoms. The third-order valence-electron chi connectivity index (χ3n) is 4.59. The van der Waals surface area contributed by atoms with E-state index >= 15 is 0 Å². The summed E-state index contributed by atoms with van der Waals surface area (Å²) in [6, 6.07) is 13.3. The highest BCUT2D eigenvalue weighted by Gasteiger charge is 2.46. The van der Waals surface area contributed by atoms with Crippen molar-refractivity contribution in [3.05, 3.63) is 71.3 Å². The summed E-state index contributed by atoms with van der Waals surface area (Å²) in [6.07, 6.45) is 2.95. The first kappa shape index (κ1) is 14.2. The minimum absolute atomic E-state index is 0.228. The highest BCUT2D eigenvalue weighted by atomic mass is 19.1. The van der Waals surface area contributed by atoms with Crippen LogP contribution >= 0.6 is 0 Å². The summed E-state index contributed by atoms with van der Waals surface area (Å²) in [7, 11) is 0. The van der Waals surface area contributed by atoms with Gasteiger partial charge >= 0.3 is 0 Å². The molecule has 1 unspecified atom stereocenters. The van der Waals surface area contributed by atoms with Crippen molar-refractivity contribution in [1.82, 2.24) is 5.43 Å². The lowest BCUT2D eigenvalue weighted by molar-refractivity contribution is 0.167. The molecule has 3 rings (SSSR count). The topological polar surface area (TPSA) is 38.0 Å². The summed E-state index contributed by atoms with van der Waals surface area (Å²) in [5.74, 6) is 4.60. The summed E-state index contributed by atoms with van der Waals surface area (Å²) in [5.41, 5.74) is 4.09.